The van der Waals surface area contributed by atoms with Gasteiger partial charge >= 0.3 is 5.69 Å². The fourth-order valence-electron chi connectivity index (χ4n) is 2.72. The molecule has 0 spiro atoms. The number of pyridine rings is 1. The first-order valence-corrected chi connectivity index (χ1v) is 8.18. The van der Waals surface area contributed by atoms with Crippen LogP contribution in [-0.2, 0) is 0 Å². The van der Waals surface area contributed by atoms with Gasteiger partial charge in [-0.2, -0.15) is 4.68 Å². The van der Waals surface area contributed by atoms with Gasteiger partial charge in [0.05, 0.1) is 17.4 Å². The van der Waals surface area contributed by atoms with Gasteiger partial charge in [-0.15, -0.1) is 5.10 Å². The van der Waals surface area contributed by atoms with Crippen LogP contribution < -0.4 is 16.2 Å². The molecule has 0 aliphatic rings. The molecule has 1 atom stereocenters. The number of nitrogens with zero attached hydrogens (tertiary/aromatic N) is 3. The van der Waals surface area contributed by atoms with Crippen molar-refractivity contribution in [2.75, 3.05) is 0 Å². The maximum Gasteiger partial charge on any atom is 0.355 e. The minimum atomic E-state index is -0.576. The lowest BCUT2D eigenvalue weighted by Gasteiger charge is -2.16. The molecule has 1 aromatic carbocycles. The van der Waals surface area contributed by atoms with Crippen molar-refractivity contribution in [2.24, 2.45) is 5.73 Å². The van der Waals surface area contributed by atoms with E-state index in [-0.39, 0.29) is 17.4 Å². The first kappa shape index (κ1) is 16.8. The van der Waals surface area contributed by atoms with E-state index in [1.54, 1.807) is 36.5 Å². The summed E-state index contributed by atoms with van der Waals surface area (Å²) in [5.41, 5.74) is 6.47. The molecule has 0 aliphatic heterocycles. The highest BCUT2D eigenvalue weighted by Gasteiger charge is 2.16. The lowest BCUT2D eigenvalue weighted by atomic mass is 10.1. The average molecular weight is 340 g/mol. The molecule has 1 amide bonds. The molecule has 0 saturated carbocycles. The fourth-order valence-corrected chi connectivity index (χ4v) is 2.72. The van der Waals surface area contributed by atoms with E-state index in [1.165, 1.54) is 9.08 Å². The molecule has 7 heteroatoms. The van der Waals surface area contributed by atoms with E-state index in [4.69, 9.17) is 10.5 Å². The Kier molecular flexibility index (Phi) is 4.56. The molecule has 0 fully saturated rings. The van der Waals surface area contributed by atoms with Crippen molar-refractivity contribution < 1.29 is 9.53 Å². The first-order chi connectivity index (χ1) is 12.0. The maximum absolute atomic E-state index is 12.5. The summed E-state index contributed by atoms with van der Waals surface area (Å²) < 4.78 is 8.59. The predicted octanol–water partition coefficient (Wildman–Crippen LogP) is 2.15. The van der Waals surface area contributed by atoms with Crippen LogP contribution in [0.2, 0.25) is 0 Å². The van der Waals surface area contributed by atoms with Crippen LogP contribution in [0.3, 0.4) is 0 Å². The Morgan fingerprint density at radius 1 is 1.32 bits per heavy atom. The third-order valence-corrected chi connectivity index (χ3v) is 3.93. The Bertz CT molecular complexity index is 974. The van der Waals surface area contributed by atoms with E-state index < -0.39 is 5.91 Å². The highest BCUT2D eigenvalue weighted by molar-refractivity contribution is 5.96. The van der Waals surface area contributed by atoms with E-state index >= 15 is 0 Å². The summed E-state index contributed by atoms with van der Waals surface area (Å²) in [6, 6.07) is 10.1. The molecular weight excluding hydrogens is 320 g/mol. The highest BCUT2D eigenvalue weighted by Crippen LogP contribution is 2.24. The van der Waals surface area contributed by atoms with Crippen molar-refractivity contribution in [3.63, 3.8) is 0 Å². The minimum Gasteiger partial charge on any atom is -0.490 e. The van der Waals surface area contributed by atoms with Crippen molar-refractivity contribution >= 4 is 11.6 Å². The lowest BCUT2D eigenvalue weighted by Crippen LogP contribution is -2.21. The number of ether oxygens (including phenoxy) is 1. The van der Waals surface area contributed by atoms with Gasteiger partial charge in [0, 0.05) is 12.3 Å². The van der Waals surface area contributed by atoms with Gasteiger partial charge in [0.15, 0.2) is 5.65 Å². The number of aromatic nitrogens is 3. The summed E-state index contributed by atoms with van der Waals surface area (Å²) in [6.45, 7) is 3.99. The molecule has 3 rings (SSSR count). The summed E-state index contributed by atoms with van der Waals surface area (Å²) in [4.78, 5) is 24.2. The lowest BCUT2D eigenvalue weighted by molar-refractivity contribution is 0.0993. The number of nitrogens with two attached hydrogens (primary N) is 1. The number of rotatable bonds is 6. The zero-order valence-corrected chi connectivity index (χ0v) is 14.2. The monoisotopic (exact) mass is 340 g/mol. The van der Waals surface area contributed by atoms with Gasteiger partial charge in [-0.05, 0) is 37.6 Å². The van der Waals surface area contributed by atoms with Gasteiger partial charge in [-0.3, -0.25) is 4.79 Å². The van der Waals surface area contributed by atoms with Crippen LogP contribution in [0.4, 0.5) is 0 Å². The molecule has 7 nitrogen and oxygen atoms in total. The van der Waals surface area contributed by atoms with Gasteiger partial charge in [0.1, 0.15) is 5.75 Å². The number of carbonyl (C=O) groups is 1. The fraction of sp³-hybridized carbons (Fsp3) is 0.278. The third-order valence-electron chi connectivity index (χ3n) is 3.93. The largest absolute Gasteiger partial charge is 0.490 e. The number of hydrogen-bond donors (Lipinski definition) is 1. The molecule has 2 heterocycles. The van der Waals surface area contributed by atoms with Crippen LogP contribution in [0, 0.1) is 0 Å². The molecule has 0 radical (unpaired) electrons. The Morgan fingerprint density at radius 2 is 2.12 bits per heavy atom. The molecule has 0 aliphatic carbocycles. The van der Waals surface area contributed by atoms with Gasteiger partial charge in [-0.25, -0.2) is 9.20 Å². The SMILES string of the molecule is CCC[C@H](C)Oc1cc(-n2nc3ccccn3c2=O)ccc1C(N)=O. The smallest absolute Gasteiger partial charge is 0.355 e. The van der Waals surface area contributed by atoms with Gasteiger partial charge in [-0.1, -0.05) is 19.4 Å². The summed E-state index contributed by atoms with van der Waals surface area (Å²) in [6.07, 6.45) is 3.38. The van der Waals surface area contributed by atoms with Gasteiger partial charge in [0.25, 0.3) is 5.91 Å². The second-order valence-electron chi connectivity index (χ2n) is 5.89. The Morgan fingerprint density at radius 3 is 2.80 bits per heavy atom. The molecule has 2 N–H and O–H groups in total. The van der Waals surface area contributed by atoms with Crippen molar-refractivity contribution in [2.45, 2.75) is 32.8 Å². The Hall–Kier alpha value is -3.09. The van der Waals surface area contributed by atoms with Crippen LogP contribution >= 0.6 is 0 Å². The Balaban J connectivity index is 2.08. The molecule has 3 aromatic rings. The van der Waals surface area contributed by atoms with E-state index in [0.29, 0.717) is 17.1 Å². The number of fused-ring (bicyclic) bond motifs is 1. The first-order valence-electron chi connectivity index (χ1n) is 8.18. The molecule has 0 bridgehead atoms. The number of primary amides is 1. The average Bonchev–Trinajstić information content (AvgIpc) is 2.92. The summed E-state index contributed by atoms with van der Waals surface area (Å²) in [5, 5.41) is 4.31. The molecule has 2 aromatic heterocycles. The van der Waals surface area contributed by atoms with E-state index in [0.717, 1.165) is 12.8 Å². The van der Waals surface area contributed by atoms with E-state index in [1.807, 2.05) is 13.0 Å². The number of benzene rings is 1. The summed E-state index contributed by atoms with van der Waals surface area (Å²) in [5.74, 6) is -0.220. The summed E-state index contributed by atoms with van der Waals surface area (Å²) >= 11 is 0. The Labute approximate surface area is 144 Å². The van der Waals surface area contributed by atoms with Crippen molar-refractivity contribution in [1.29, 1.82) is 0 Å². The highest BCUT2D eigenvalue weighted by atomic mass is 16.5. The molecule has 0 saturated heterocycles. The van der Waals surface area contributed by atoms with Crippen LogP contribution in [0.25, 0.3) is 11.3 Å². The number of hydrogen-bond acceptors (Lipinski definition) is 4. The predicted molar refractivity (Wildman–Crippen MR) is 94.3 cm³/mol. The zero-order valence-electron chi connectivity index (χ0n) is 14.2. The zero-order chi connectivity index (χ0) is 18.0. The number of amides is 1. The second-order valence-corrected chi connectivity index (χ2v) is 5.89. The van der Waals surface area contributed by atoms with E-state index in [9.17, 15) is 9.59 Å². The van der Waals surface area contributed by atoms with Crippen LogP contribution in [0.15, 0.2) is 47.4 Å². The van der Waals surface area contributed by atoms with E-state index in [2.05, 4.69) is 12.0 Å². The van der Waals surface area contributed by atoms with Crippen molar-refractivity contribution in [3.8, 4) is 11.4 Å². The number of carbonyl (C=O) groups excluding carboxylic acids is 1. The molecule has 130 valence electrons. The minimum absolute atomic E-state index is 0.0730. The quantitative estimate of drug-likeness (QED) is 0.744. The molecule has 0 unspecified atom stereocenters. The summed E-state index contributed by atoms with van der Waals surface area (Å²) in [7, 11) is 0. The van der Waals surface area contributed by atoms with Crippen LogP contribution in [0.1, 0.15) is 37.0 Å². The van der Waals surface area contributed by atoms with Gasteiger partial charge < -0.3 is 10.5 Å². The molecular formula is C18H20N4O3. The topological polar surface area (TPSA) is 91.6 Å². The van der Waals surface area contributed by atoms with Crippen molar-refractivity contribution in [3.05, 3.63) is 58.6 Å². The standard InChI is InChI=1S/C18H20N4O3/c1-3-6-12(2)25-15-11-13(8-9-14(15)17(19)23)22-18(24)21-10-5-4-7-16(21)20-22/h4-5,7-12H,3,6H2,1-2H3,(H2,19,23)/t12-/m0/s1. The van der Waals surface area contributed by atoms with Gasteiger partial charge in [0.2, 0.25) is 0 Å². The van der Waals surface area contributed by atoms with Crippen molar-refractivity contribution in [1.82, 2.24) is 14.2 Å². The third kappa shape index (κ3) is 3.26. The van der Waals surface area contributed by atoms with Crippen LogP contribution in [-0.4, -0.2) is 26.2 Å². The van der Waals surface area contributed by atoms with Crippen LogP contribution in [0.5, 0.6) is 5.75 Å². The maximum atomic E-state index is 12.5. The second kappa shape index (κ2) is 6.80. The normalized spacial score (nSPS) is 12.2. The molecule has 25 heavy (non-hydrogen) atoms.